The van der Waals surface area contributed by atoms with Crippen LogP contribution in [0.1, 0.15) is 38.3 Å². The van der Waals surface area contributed by atoms with Crippen molar-refractivity contribution in [1.82, 2.24) is 5.43 Å². The largest absolute Gasteiger partial charge is 0.494 e. The normalized spacial score (nSPS) is 13.4. The van der Waals surface area contributed by atoms with Gasteiger partial charge in [-0.15, -0.1) is 0 Å². The number of hydrogen-bond donors (Lipinski definition) is 2. The third-order valence-corrected chi connectivity index (χ3v) is 3.37. The zero-order chi connectivity index (χ0) is 14.5. The molecule has 0 amide bonds. The number of methoxy groups -OCH3 is 2. The number of nitrogens with two attached hydrogens (primary N) is 1. The SMILES string of the molecule is COc1ccc(C(CCC(C)(C)OC)NN)cc1F. The first-order valence-corrected chi connectivity index (χ1v) is 6.28. The van der Waals surface area contributed by atoms with Crippen LogP contribution in [0.15, 0.2) is 18.2 Å². The molecule has 1 aromatic rings. The highest BCUT2D eigenvalue weighted by Gasteiger charge is 2.20. The maximum atomic E-state index is 13.7. The second-order valence-corrected chi connectivity index (χ2v) is 5.12. The van der Waals surface area contributed by atoms with Crippen molar-refractivity contribution < 1.29 is 13.9 Å². The van der Waals surface area contributed by atoms with Crippen molar-refractivity contribution in [3.8, 4) is 5.75 Å². The van der Waals surface area contributed by atoms with Crippen molar-refractivity contribution in [1.29, 1.82) is 0 Å². The monoisotopic (exact) mass is 270 g/mol. The second kappa shape index (κ2) is 6.84. The molecule has 0 saturated heterocycles. The molecular weight excluding hydrogens is 247 g/mol. The summed E-state index contributed by atoms with van der Waals surface area (Å²) in [6, 6.07) is 4.75. The number of ether oxygens (including phenoxy) is 2. The van der Waals surface area contributed by atoms with E-state index < -0.39 is 0 Å². The fraction of sp³-hybridized carbons (Fsp3) is 0.571. The van der Waals surface area contributed by atoms with Crippen molar-refractivity contribution in [2.75, 3.05) is 14.2 Å². The number of hydrazine groups is 1. The van der Waals surface area contributed by atoms with Crippen LogP contribution >= 0.6 is 0 Å². The quantitative estimate of drug-likeness (QED) is 0.590. The summed E-state index contributed by atoms with van der Waals surface area (Å²) in [5.41, 5.74) is 3.29. The fourth-order valence-electron chi connectivity index (χ4n) is 1.84. The van der Waals surface area contributed by atoms with Crippen LogP contribution in [0.3, 0.4) is 0 Å². The molecule has 1 atom stereocenters. The summed E-state index contributed by atoms with van der Waals surface area (Å²) in [5, 5.41) is 0. The molecule has 0 saturated carbocycles. The van der Waals surface area contributed by atoms with Gasteiger partial charge in [-0.25, -0.2) is 4.39 Å². The van der Waals surface area contributed by atoms with Gasteiger partial charge in [0.05, 0.1) is 12.7 Å². The van der Waals surface area contributed by atoms with E-state index in [9.17, 15) is 4.39 Å². The smallest absolute Gasteiger partial charge is 0.165 e. The molecule has 0 aliphatic heterocycles. The number of nitrogens with one attached hydrogen (secondary N) is 1. The van der Waals surface area contributed by atoms with Crippen molar-refractivity contribution in [3.63, 3.8) is 0 Å². The summed E-state index contributed by atoms with van der Waals surface area (Å²) in [4.78, 5) is 0. The van der Waals surface area contributed by atoms with Gasteiger partial charge in [0.25, 0.3) is 0 Å². The van der Waals surface area contributed by atoms with Gasteiger partial charge >= 0.3 is 0 Å². The number of hydrogen-bond acceptors (Lipinski definition) is 4. The zero-order valence-electron chi connectivity index (χ0n) is 12.0. The lowest BCUT2D eigenvalue weighted by Gasteiger charge is -2.26. The Kier molecular flexibility index (Phi) is 5.72. The average molecular weight is 270 g/mol. The van der Waals surface area contributed by atoms with Gasteiger partial charge in [0, 0.05) is 13.2 Å². The van der Waals surface area contributed by atoms with Gasteiger partial charge in [-0.1, -0.05) is 6.07 Å². The van der Waals surface area contributed by atoms with E-state index in [1.165, 1.54) is 13.2 Å². The summed E-state index contributed by atoms with van der Waals surface area (Å²) in [7, 11) is 3.12. The second-order valence-electron chi connectivity index (χ2n) is 5.12. The van der Waals surface area contributed by atoms with E-state index in [0.717, 1.165) is 18.4 Å². The van der Waals surface area contributed by atoms with Gasteiger partial charge in [0.2, 0.25) is 0 Å². The zero-order valence-corrected chi connectivity index (χ0v) is 12.0. The first-order valence-electron chi connectivity index (χ1n) is 6.28. The van der Waals surface area contributed by atoms with Crippen molar-refractivity contribution in [2.24, 2.45) is 5.84 Å². The average Bonchev–Trinajstić information content (AvgIpc) is 2.39. The molecule has 0 bridgehead atoms. The molecule has 0 spiro atoms. The molecule has 0 fully saturated rings. The lowest BCUT2D eigenvalue weighted by molar-refractivity contribution is 0.0117. The summed E-state index contributed by atoms with van der Waals surface area (Å²) in [5.74, 6) is 5.40. The maximum absolute atomic E-state index is 13.7. The molecule has 108 valence electrons. The van der Waals surface area contributed by atoms with E-state index in [1.807, 2.05) is 19.9 Å². The molecule has 0 radical (unpaired) electrons. The van der Waals surface area contributed by atoms with Crippen LogP contribution in [0, 0.1) is 5.82 Å². The van der Waals surface area contributed by atoms with E-state index in [1.54, 1.807) is 13.2 Å². The Bertz CT molecular complexity index is 410. The van der Waals surface area contributed by atoms with Crippen LogP contribution in [0.5, 0.6) is 5.75 Å². The predicted octanol–water partition coefficient (Wildman–Crippen LogP) is 2.54. The Balaban J connectivity index is 2.77. The van der Waals surface area contributed by atoms with E-state index in [2.05, 4.69) is 5.43 Å². The highest BCUT2D eigenvalue weighted by atomic mass is 19.1. The minimum absolute atomic E-state index is 0.116. The van der Waals surface area contributed by atoms with Gasteiger partial charge < -0.3 is 9.47 Å². The van der Waals surface area contributed by atoms with Gasteiger partial charge in [-0.3, -0.25) is 11.3 Å². The molecule has 3 N–H and O–H groups in total. The highest BCUT2D eigenvalue weighted by Crippen LogP contribution is 2.27. The molecule has 0 aliphatic rings. The van der Waals surface area contributed by atoms with Crippen molar-refractivity contribution in [2.45, 2.75) is 38.3 Å². The van der Waals surface area contributed by atoms with Gasteiger partial charge in [-0.05, 0) is 44.4 Å². The summed E-state index contributed by atoms with van der Waals surface area (Å²) < 4.78 is 23.9. The Morgan fingerprint density at radius 3 is 2.53 bits per heavy atom. The van der Waals surface area contributed by atoms with Crippen LogP contribution in [0.2, 0.25) is 0 Å². The summed E-state index contributed by atoms with van der Waals surface area (Å²) >= 11 is 0. The van der Waals surface area contributed by atoms with Gasteiger partial charge in [0.15, 0.2) is 11.6 Å². The highest BCUT2D eigenvalue weighted by molar-refractivity contribution is 5.31. The van der Waals surface area contributed by atoms with Gasteiger partial charge in [0.1, 0.15) is 0 Å². The molecule has 5 heteroatoms. The number of halogens is 1. The molecule has 0 aromatic heterocycles. The molecular formula is C14H23FN2O2. The lowest BCUT2D eigenvalue weighted by atomic mass is 9.95. The summed E-state index contributed by atoms with van der Waals surface area (Å²) in [6.07, 6.45) is 1.56. The van der Waals surface area contributed by atoms with Crippen molar-refractivity contribution in [3.05, 3.63) is 29.6 Å². The minimum Gasteiger partial charge on any atom is -0.494 e. The summed E-state index contributed by atoms with van der Waals surface area (Å²) in [6.45, 7) is 4.02. The van der Waals surface area contributed by atoms with E-state index >= 15 is 0 Å². The topological polar surface area (TPSA) is 56.5 Å². The van der Waals surface area contributed by atoms with Gasteiger partial charge in [-0.2, -0.15) is 0 Å². The van der Waals surface area contributed by atoms with Crippen LogP contribution in [-0.2, 0) is 4.74 Å². The Hall–Kier alpha value is -1.17. The standard InChI is InChI=1S/C14H23FN2O2/c1-14(2,19-4)8-7-12(17-16)10-5-6-13(18-3)11(15)9-10/h5-6,9,12,17H,7-8,16H2,1-4H3. The molecule has 1 unspecified atom stereocenters. The lowest BCUT2D eigenvalue weighted by Crippen LogP contribution is -2.31. The Morgan fingerprint density at radius 1 is 1.37 bits per heavy atom. The predicted molar refractivity (Wildman–Crippen MR) is 73.3 cm³/mol. The Morgan fingerprint density at radius 2 is 2.05 bits per heavy atom. The van der Waals surface area contributed by atoms with Crippen LogP contribution < -0.4 is 16.0 Å². The first kappa shape index (κ1) is 15.9. The molecule has 1 aromatic carbocycles. The fourth-order valence-corrected chi connectivity index (χ4v) is 1.84. The minimum atomic E-state index is -0.383. The van der Waals surface area contributed by atoms with E-state index in [4.69, 9.17) is 15.3 Å². The van der Waals surface area contributed by atoms with Crippen molar-refractivity contribution >= 4 is 0 Å². The maximum Gasteiger partial charge on any atom is 0.165 e. The molecule has 0 heterocycles. The van der Waals surface area contributed by atoms with Crippen LogP contribution in [0.4, 0.5) is 4.39 Å². The molecule has 4 nitrogen and oxygen atoms in total. The molecule has 0 aliphatic carbocycles. The van der Waals surface area contributed by atoms with Crippen LogP contribution in [-0.4, -0.2) is 19.8 Å². The molecule has 19 heavy (non-hydrogen) atoms. The third-order valence-electron chi connectivity index (χ3n) is 3.37. The van der Waals surface area contributed by atoms with Crippen LogP contribution in [0.25, 0.3) is 0 Å². The number of rotatable bonds is 7. The number of benzene rings is 1. The third kappa shape index (κ3) is 4.45. The van der Waals surface area contributed by atoms with E-state index in [-0.39, 0.29) is 23.2 Å². The first-order chi connectivity index (χ1) is 8.93. The van der Waals surface area contributed by atoms with E-state index in [0.29, 0.717) is 0 Å². The molecule has 1 rings (SSSR count). The Labute approximate surface area is 114 Å².